The van der Waals surface area contributed by atoms with Crippen LogP contribution in [0, 0.1) is 20.8 Å². The molecule has 5 nitrogen and oxygen atoms in total. The van der Waals surface area contributed by atoms with Crippen LogP contribution in [0.4, 0.5) is 5.69 Å². The zero-order chi connectivity index (χ0) is 19.3. The predicted octanol–water partition coefficient (Wildman–Crippen LogP) is 2.74. The zero-order valence-electron chi connectivity index (χ0n) is 15.7. The Hall–Kier alpha value is -2.34. The van der Waals surface area contributed by atoms with Crippen molar-refractivity contribution in [1.29, 1.82) is 0 Å². The molecule has 0 aromatic heterocycles. The normalized spacial score (nSPS) is 11.2. The highest BCUT2D eigenvalue weighted by Gasteiger charge is 2.19. The monoisotopic (exact) mass is 374 g/mol. The molecule has 0 fully saturated rings. The predicted molar refractivity (Wildman–Crippen MR) is 106 cm³/mol. The van der Waals surface area contributed by atoms with E-state index in [-0.39, 0.29) is 25.4 Å². The summed E-state index contributed by atoms with van der Waals surface area (Å²) in [6, 6.07) is 13.4. The number of carbonyl (C=O) groups is 1. The molecule has 0 unspecified atom stereocenters. The number of nitrogens with zero attached hydrogens (tertiary/aromatic N) is 1. The van der Waals surface area contributed by atoms with Crippen LogP contribution in [0.3, 0.4) is 0 Å². The van der Waals surface area contributed by atoms with Crippen LogP contribution in [0.15, 0.2) is 42.5 Å². The largest absolute Gasteiger partial charge is 0.354 e. The van der Waals surface area contributed by atoms with E-state index in [0.717, 1.165) is 22.3 Å². The highest BCUT2D eigenvalue weighted by Crippen LogP contribution is 2.23. The molecule has 0 atom stereocenters. The first-order valence-corrected chi connectivity index (χ1v) is 10.4. The zero-order valence-corrected chi connectivity index (χ0v) is 16.6. The lowest BCUT2D eigenvalue weighted by Crippen LogP contribution is -2.38. The van der Waals surface area contributed by atoms with Crippen LogP contribution < -0.4 is 9.62 Å². The van der Waals surface area contributed by atoms with Crippen molar-refractivity contribution in [2.45, 2.75) is 27.2 Å². The second kappa shape index (κ2) is 8.36. The Morgan fingerprint density at radius 2 is 1.73 bits per heavy atom. The quantitative estimate of drug-likeness (QED) is 0.810. The SMILES string of the molecule is Cc1cccc(CC(=O)NCCN(c2ccc(C)cc2C)S(C)(=O)=O)c1. The van der Waals surface area contributed by atoms with E-state index >= 15 is 0 Å². The molecule has 2 aromatic carbocycles. The van der Waals surface area contributed by atoms with Crippen LogP contribution in [-0.2, 0) is 21.2 Å². The maximum absolute atomic E-state index is 12.2. The van der Waals surface area contributed by atoms with Crippen LogP contribution in [0.1, 0.15) is 22.3 Å². The number of anilines is 1. The van der Waals surface area contributed by atoms with E-state index in [2.05, 4.69) is 5.32 Å². The molecule has 2 rings (SSSR count). The van der Waals surface area contributed by atoms with Gasteiger partial charge in [-0.25, -0.2) is 8.42 Å². The van der Waals surface area contributed by atoms with Crippen LogP contribution >= 0.6 is 0 Å². The topological polar surface area (TPSA) is 66.5 Å². The van der Waals surface area contributed by atoms with Crippen molar-refractivity contribution in [3.63, 3.8) is 0 Å². The van der Waals surface area contributed by atoms with Gasteiger partial charge >= 0.3 is 0 Å². The summed E-state index contributed by atoms with van der Waals surface area (Å²) >= 11 is 0. The highest BCUT2D eigenvalue weighted by atomic mass is 32.2. The minimum absolute atomic E-state index is 0.121. The van der Waals surface area contributed by atoms with Gasteiger partial charge in [0.15, 0.2) is 0 Å². The number of hydrogen-bond acceptors (Lipinski definition) is 3. The van der Waals surface area contributed by atoms with E-state index < -0.39 is 10.0 Å². The number of carbonyl (C=O) groups excluding carboxylic acids is 1. The van der Waals surface area contributed by atoms with Gasteiger partial charge in [0.25, 0.3) is 0 Å². The van der Waals surface area contributed by atoms with Gasteiger partial charge < -0.3 is 5.32 Å². The third kappa shape index (κ3) is 5.59. The number of aryl methyl sites for hydroxylation is 3. The van der Waals surface area contributed by atoms with Gasteiger partial charge in [0.2, 0.25) is 15.9 Å². The maximum atomic E-state index is 12.2. The van der Waals surface area contributed by atoms with Crippen molar-refractivity contribution in [2.24, 2.45) is 0 Å². The van der Waals surface area contributed by atoms with Crippen LogP contribution in [0.2, 0.25) is 0 Å². The molecular formula is C20H26N2O3S. The lowest BCUT2D eigenvalue weighted by molar-refractivity contribution is -0.120. The van der Waals surface area contributed by atoms with Crippen molar-refractivity contribution in [3.05, 3.63) is 64.7 Å². The number of sulfonamides is 1. The molecule has 0 aliphatic carbocycles. The molecule has 26 heavy (non-hydrogen) atoms. The summed E-state index contributed by atoms with van der Waals surface area (Å²) < 4.78 is 25.7. The van der Waals surface area contributed by atoms with E-state index in [1.54, 1.807) is 6.07 Å². The number of nitrogens with one attached hydrogen (secondary N) is 1. The van der Waals surface area contributed by atoms with Gasteiger partial charge in [0, 0.05) is 6.54 Å². The highest BCUT2D eigenvalue weighted by molar-refractivity contribution is 7.92. The Labute approximate surface area is 156 Å². The summed E-state index contributed by atoms with van der Waals surface area (Å²) in [6.45, 7) is 6.28. The Kier molecular flexibility index (Phi) is 6.42. The standard InChI is InChI=1S/C20H26N2O3S/c1-15-6-5-7-18(13-15)14-20(23)21-10-11-22(26(4,24)25)19-9-8-16(2)12-17(19)3/h5-9,12-13H,10-11,14H2,1-4H3,(H,21,23). The van der Waals surface area contributed by atoms with Crippen LogP contribution in [0.25, 0.3) is 0 Å². The molecule has 0 saturated carbocycles. The molecular weight excluding hydrogens is 348 g/mol. The van der Waals surface area contributed by atoms with Crippen LogP contribution in [-0.4, -0.2) is 33.7 Å². The molecule has 2 aromatic rings. The van der Waals surface area contributed by atoms with E-state index in [4.69, 9.17) is 0 Å². The van der Waals surface area contributed by atoms with E-state index in [0.29, 0.717) is 5.69 Å². The van der Waals surface area contributed by atoms with Crippen LogP contribution in [0.5, 0.6) is 0 Å². The van der Waals surface area contributed by atoms with Gasteiger partial charge in [0.05, 0.1) is 24.9 Å². The van der Waals surface area contributed by atoms with Crippen molar-refractivity contribution in [2.75, 3.05) is 23.7 Å². The smallest absolute Gasteiger partial charge is 0.232 e. The summed E-state index contributed by atoms with van der Waals surface area (Å²) in [5.41, 5.74) is 4.66. The molecule has 0 heterocycles. The summed E-state index contributed by atoms with van der Waals surface area (Å²) in [5.74, 6) is -0.121. The molecule has 6 heteroatoms. The summed E-state index contributed by atoms with van der Waals surface area (Å²) in [6.07, 6.45) is 1.46. The lowest BCUT2D eigenvalue weighted by Gasteiger charge is -2.24. The third-order valence-corrected chi connectivity index (χ3v) is 5.29. The maximum Gasteiger partial charge on any atom is 0.232 e. The second-order valence-electron chi connectivity index (χ2n) is 6.64. The van der Waals surface area contributed by atoms with Gasteiger partial charge in [-0.15, -0.1) is 0 Å². The minimum Gasteiger partial charge on any atom is -0.354 e. The molecule has 0 aliphatic rings. The molecule has 140 valence electrons. The van der Waals surface area contributed by atoms with Gasteiger partial charge in [-0.2, -0.15) is 0 Å². The summed E-state index contributed by atoms with van der Waals surface area (Å²) in [4.78, 5) is 12.1. The Balaban J connectivity index is 2.01. The Morgan fingerprint density at radius 3 is 2.35 bits per heavy atom. The fourth-order valence-corrected chi connectivity index (χ4v) is 3.90. The average Bonchev–Trinajstić information content (AvgIpc) is 2.51. The van der Waals surface area contributed by atoms with Crippen molar-refractivity contribution in [1.82, 2.24) is 5.32 Å². The molecule has 0 bridgehead atoms. The summed E-state index contributed by atoms with van der Waals surface area (Å²) in [7, 11) is -3.43. The summed E-state index contributed by atoms with van der Waals surface area (Å²) in [5, 5.41) is 2.81. The molecule has 0 saturated heterocycles. The van der Waals surface area contributed by atoms with Gasteiger partial charge in [-0.1, -0.05) is 47.5 Å². The first-order chi connectivity index (χ1) is 12.2. The molecule has 0 radical (unpaired) electrons. The Bertz CT molecular complexity index is 892. The number of rotatable bonds is 7. The van der Waals surface area contributed by atoms with Crippen molar-refractivity contribution < 1.29 is 13.2 Å². The number of benzene rings is 2. The first kappa shape index (κ1) is 20.0. The molecule has 1 amide bonds. The molecule has 0 spiro atoms. The van der Waals surface area contributed by atoms with Crippen molar-refractivity contribution in [3.8, 4) is 0 Å². The second-order valence-corrected chi connectivity index (χ2v) is 8.55. The fraction of sp³-hybridized carbons (Fsp3) is 0.350. The Morgan fingerprint density at radius 1 is 1.04 bits per heavy atom. The molecule has 0 aliphatic heterocycles. The van der Waals surface area contributed by atoms with Gasteiger partial charge in [-0.3, -0.25) is 9.10 Å². The minimum atomic E-state index is -3.43. The number of hydrogen-bond donors (Lipinski definition) is 1. The fourth-order valence-electron chi connectivity index (χ4n) is 2.92. The van der Waals surface area contributed by atoms with Gasteiger partial charge in [-0.05, 0) is 38.0 Å². The third-order valence-electron chi connectivity index (χ3n) is 4.11. The van der Waals surface area contributed by atoms with Crippen molar-refractivity contribution >= 4 is 21.6 Å². The van der Waals surface area contributed by atoms with Gasteiger partial charge in [0.1, 0.15) is 0 Å². The average molecular weight is 375 g/mol. The van der Waals surface area contributed by atoms with E-state index in [9.17, 15) is 13.2 Å². The lowest BCUT2D eigenvalue weighted by atomic mass is 10.1. The molecule has 1 N–H and O–H groups in total. The first-order valence-electron chi connectivity index (χ1n) is 8.54. The number of amides is 1. The van der Waals surface area contributed by atoms with E-state index in [1.807, 2.05) is 57.2 Å². The van der Waals surface area contributed by atoms with E-state index in [1.165, 1.54) is 10.6 Å².